The molecule has 4 nitrogen and oxygen atoms in total. The van der Waals surface area contributed by atoms with Crippen LogP contribution in [-0.4, -0.2) is 15.5 Å². The van der Waals surface area contributed by atoms with Gasteiger partial charge in [0.25, 0.3) is 0 Å². The first-order valence-corrected chi connectivity index (χ1v) is 11.3. The first kappa shape index (κ1) is 20.5. The first-order valence-electron chi connectivity index (χ1n) is 9.03. The molecule has 0 aliphatic heterocycles. The SMILES string of the molecule is CC[C@@H](NS(=O)(=O)c1ccc(OC)c(Cl)c1Cl)c1ccc2c(c1)CCCC2. The zero-order chi connectivity index (χ0) is 19.6. The highest BCUT2D eigenvalue weighted by Crippen LogP contribution is 2.37. The Morgan fingerprint density at radius 2 is 1.78 bits per heavy atom. The molecule has 146 valence electrons. The molecule has 0 bridgehead atoms. The van der Waals surface area contributed by atoms with Crippen LogP contribution < -0.4 is 9.46 Å². The molecule has 0 saturated carbocycles. The summed E-state index contributed by atoms with van der Waals surface area (Å²) in [5.41, 5.74) is 3.66. The molecule has 0 spiro atoms. The monoisotopic (exact) mass is 427 g/mol. The van der Waals surface area contributed by atoms with Gasteiger partial charge in [-0.05, 0) is 60.9 Å². The lowest BCUT2D eigenvalue weighted by molar-refractivity contribution is 0.414. The van der Waals surface area contributed by atoms with Gasteiger partial charge >= 0.3 is 0 Å². The Kier molecular flexibility index (Phi) is 6.36. The lowest BCUT2D eigenvalue weighted by Gasteiger charge is -2.22. The van der Waals surface area contributed by atoms with Crippen molar-refractivity contribution in [3.8, 4) is 5.75 Å². The topological polar surface area (TPSA) is 55.4 Å². The van der Waals surface area contributed by atoms with Crippen LogP contribution in [0.5, 0.6) is 5.75 Å². The lowest BCUT2D eigenvalue weighted by atomic mass is 9.89. The molecule has 0 radical (unpaired) electrons. The van der Waals surface area contributed by atoms with Crippen LogP contribution >= 0.6 is 23.2 Å². The smallest absolute Gasteiger partial charge is 0.242 e. The minimum atomic E-state index is -3.84. The van der Waals surface area contributed by atoms with E-state index in [-0.39, 0.29) is 21.0 Å². The average Bonchev–Trinajstić information content (AvgIpc) is 2.67. The second-order valence-electron chi connectivity index (χ2n) is 6.71. The van der Waals surface area contributed by atoms with Gasteiger partial charge in [-0.1, -0.05) is 48.3 Å². The predicted octanol–water partition coefficient (Wildman–Crippen LogP) is 5.31. The van der Waals surface area contributed by atoms with E-state index in [1.165, 1.54) is 43.2 Å². The molecule has 1 aliphatic carbocycles. The molecule has 1 atom stereocenters. The number of ether oxygens (including phenoxy) is 1. The van der Waals surface area contributed by atoms with Crippen LogP contribution in [0.15, 0.2) is 35.2 Å². The molecule has 0 fully saturated rings. The summed E-state index contributed by atoms with van der Waals surface area (Å²) >= 11 is 12.3. The third kappa shape index (κ3) is 4.27. The summed E-state index contributed by atoms with van der Waals surface area (Å²) in [5.74, 6) is 0.336. The first-order chi connectivity index (χ1) is 12.9. The zero-order valence-electron chi connectivity index (χ0n) is 15.4. The van der Waals surface area contributed by atoms with E-state index in [0.717, 1.165) is 18.4 Å². The van der Waals surface area contributed by atoms with E-state index < -0.39 is 10.0 Å². The Hall–Kier alpha value is -1.27. The number of hydrogen-bond donors (Lipinski definition) is 1. The van der Waals surface area contributed by atoms with Crippen LogP contribution in [0.1, 0.15) is 48.9 Å². The fraction of sp³-hybridized carbons (Fsp3) is 0.400. The largest absolute Gasteiger partial charge is 0.495 e. The maximum Gasteiger partial charge on any atom is 0.242 e. The number of benzene rings is 2. The molecule has 7 heteroatoms. The summed E-state index contributed by atoms with van der Waals surface area (Å²) in [6, 6.07) is 8.85. The van der Waals surface area contributed by atoms with Gasteiger partial charge in [0.2, 0.25) is 10.0 Å². The third-order valence-electron chi connectivity index (χ3n) is 5.00. The summed E-state index contributed by atoms with van der Waals surface area (Å²) in [6.45, 7) is 1.95. The molecule has 0 saturated heterocycles. The highest BCUT2D eigenvalue weighted by atomic mass is 35.5. The Bertz CT molecular complexity index is 944. The average molecular weight is 428 g/mol. The molecule has 1 N–H and O–H groups in total. The van der Waals surface area contributed by atoms with Crippen LogP contribution in [-0.2, 0) is 22.9 Å². The number of sulfonamides is 1. The van der Waals surface area contributed by atoms with Crippen molar-refractivity contribution in [2.24, 2.45) is 0 Å². The third-order valence-corrected chi connectivity index (χ3v) is 7.49. The van der Waals surface area contributed by atoms with Crippen molar-refractivity contribution in [3.05, 3.63) is 57.1 Å². The van der Waals surface area contributed by atoms with Crippen LogP contribution in [0, 0.1) is 0 Å². The summed E-state index contributed by atoms with van der Waals surface area (Å²) < 4.78 is 33.7. The quantitative estimate of drug-likeness (QED) is 0.679. The van der Waals surface area contributed by atoms with Crippen molar-refractivity contribution >= 4 is 33.2 Å². The highest BCUT2D eigenvalue weighted by molar-refractivity contribution is 7.89. The van der Waals surface area contributed by atoms with Crippen molar-refractivity contribution in [1.82, 2.24) is 4.72 Å². The molecule has 0 amide bonds. The number of fused-ring (bicyclic) bond motifs is 1. The van der Waals surface area contributed by atoms with Crippen LogP contribution in [0.4, 0.5) is 0 Å². The van der Waals surface area contributed by atoms with Crippen LogP contribution in [0.2, 0.25) is 10.0 Å². The second-order valence-corrected chi connectivity index (χ2v) is 9.15. The van der Waals surface area contributed by atoms with Crippen molar-refractivity contribution in [2.75, 3.05) is 7.11 Å². The van der Waals surface area contributed by atoms with Crippen molar-refractivity contribution < 1.29 is 13.2 Å². The molecule has 0 unspecified atom stereocenters. The minimum Gasteiger partial charge on any atom is -0.495 e. The number of halogens is 2. The van der Waals surface area contributed by atoms with Gasteiger partial charge in [0.05, 0.1) is 12.1 Å². The molecular formula is C20H23Cl2NO3S. The second kappa shape index (κ2) is 8.39. The normalized spacial score (nSPS) is 15.3. The Morgan fingerprint density at radius 3 is 2.44 bits per heavy atom. The zero-order valence-corrected chi connectivity index (χ0v) is 17.7. The molecule has 27 heavy (non-hydrogen) atoms. The predicted molar refractivity (Wildman–Crippen MR) is 109 cm³/mol. The van der Waals surface area contributed by atoms with Crippen LogP contribution in [0.3, 0.4) is 0 Å². The Morgan fingerprint density at radius 1 is 1.07 bits per heavy atom. The number of methoxy groups -OCH3 is 1. The fourth-order valence-corrected chi connectivity index (χ4v) is 5.64. The van der Waals surface area contributed by atoms with E-state index in [0.29, 0.717) is 12.2 Å². The van der Waals surface area contributed by atoms with Gasteiger partial charge < -0.3 is 4.74 Å². The molecule has 2 aromatic rings. The van der Waals surface area contributed by atoms with Gasteiger partial charge in [-0.3, -0.25) is 0 Å². The van der Waals surface area contributed by atoms with Gasteiger partial charge in [0.1, 0.15) is 15.7 Å². The van der Waals surface area contributed by atoms with Crippen molar-refractivity contribution in [3.63, 3.8) is 0 Å². The minimum absolute atomic E-state index is 0.0381. The summed E-state index contributed by atoms with van der Waals surface area (Å²) in [5, 5.41) is 0.0488. The van der Waals surface area contributed by atoms with E-state index in [4.69, 9.17) is 27.9 Å². The summed E-state index contributed by atoms with van der Waals surface area (Å²) in [4.78, 5) is -0.0497. The number of aryl methyl sites for hydroxylation is 2. The number of rotatable bonds is 6. The van der Waals surface area contributed by atoms with Gasteiger partial charge in [-0.25, -0.2) is 13.1 Å². The van der Waals surface area contributed by atoms with E-state index >= 15 is 0 Å². The Labute approximate surface area is 170 Å². The van der Waals surface area contributed by atoms with E-state index in [2.05, 4.69) is 16.9 Å². The molecule has 0 heterocycles. The lowest BCUT2D eigenvalue weighted by Crippen LogP contribution is -2.29. The van der Waals surface area contributed by atoms with Gasteiger partial charge in [-0.15, -0.1) is 0 Å². The molecule has 0 aromatic heterocycles. The number of nitrogens with one attached hydrogen (secondary N) is 1. The molecular weight excluding hydrogens is 405 g/mol. The molecule has 1 aliphatic rings. The molecule has 3 rings (SSSR count). The Balaban J connectivity index is 1.91. The molecule has 2 aromatic carbocycles. The maximum atomic E-state index is 12.9. The van der Waals surface area contributed by atoms with Crippen molar-refractivity contribution in [1.29, 1.82) is 0 Å². The summed E-state index contributed by atoms with van der Waals surface area (Å²) in [6.07, 6.45) is 5.16. The van der Waals surface area contributed by atoms with Gasteiger partial charge in [0.15, 0.2) is 0 Å². The number of hydrogen-bond acceptors (Lipinski definition) is 3. The van der Waals surface area contributed by atoms with Crippen LogP contribution in [0.25, 0.3) is 0 Å². The standard InChI is InChI=1S/C20H23Cl2NO3S/c1-3-16(15-9-8-13-6-4-5-7-14(13)12-15)23-27(24,25)18-11-10-17(26-2)19(21)20(18)22/h8-12,16,23H,3-7H2,1-2H3/t16-/m1/s1. The van der Waals surface area contributed by atoms with Gasteiger partial charge in [0, 0.05) is 6.04 Å². The van der Waals surface area contributed by atoms with E-state index in [1.54, 1.807) is 0 Å². The van der Waals surface area contributed by atoms with E-state index in [9.17, 15) is 8.42 Å². The highest BCUT2D eigenvalue weighted by Gasteiger charge is 2.25. The fourth-order valence-electron chi connectivity index (χ4n) is 3.49. The van der Waals surface area contributed by atoms with Crippen molar-refractivity contribution in [2.45, 2.75) is 50.0 Å². The summed E-state index contributed by atoms with van der Waals surface area (Å²) in [7, 11) is -2.39. The maximum absolute atomic E-state index is 12.9. The van der Waals surface area contributed by atoms with E-state index in [1.807, 2.05) is 13.0 Å². The van der Waals surface area contributed by atoms with Gasteiger partial charge in [-0.2, -0.15) is 0 Å².